The standard InChI is InChI=1S/C16H25F2N/c1-5-8-19-11-16(4,12(2)3)10-13-6-7-14(17)15(18)9-13/h6-7,9,12,19H,5,8,10-11H2,1-4H3. The normalized spacial score (nSPS) is 14.7. The highest BCUT2D eigenvalue weighted by atomic mass is 19.2. The van der Waals surface area contributed by atoms with E-state index in [9.17, 15) is 8.78 Å². The first-order valence-electron chi connectivity index (χ1n) is 7.03. The monoisotopic (exact) mass is 269 g/mol. The van der Waals surface area contributed by atoms with Crippen molar-refractivity contribution >= 4 is 0 Å². The molecule has 1 aromatic carbocycles. The number of benzene rings is 1. The Morgan fingerprint density at radius 2 is 1.89 bits per heavy atom. The molecule has 0 saturated carbocycles. The van der Waals surface area contributed by atoms with Crippen LogP contribution in [0.3, 0.4) is 0 Å². The lowest BCUT2D eigenvalue weighted by Crippen LogP contribution is -2.38. The van der Waals surface area contributed by atoms with E-state index in [2.05, 4.69) is 33.0 Å². The number of halogens is 2. The van der Waals surface area contributed by atoms with Gasteiger partial charge in [0.2, 0.25) is 0 Å². The van der Waals surface area contributed by atoms with E-state index in [1.165, 1.54) is 12.1 Å². The van der Waals surface area contributed by atoms with Crippen LogP contribution in [0.1, 0.15) is 39.7 Å². The Kier molecular flexibility index (Phi) is 5.92. The summed E-state index contributed by atoms with van der Waals surface area (Å²) in [7, 11) is 0. The van der Waals surface area contributed by atoms with Gasteiger partial charge >= 0.3 is 0 Å². The Hall–Kier alpha value is -0.960. The zero-order chi connectivity index (χ0) is 14.5. The van der Waals surface area contributed by atoms with Crippen LogP contribution in [-0.2, 0) is 6.42 Å². The second-order valence-electron chi connectivity index (χ2n) is 5.91. The van der Waals surface area contributed by atoms with Crippen LogP contribution in [0.5, 0.6) is 0 Å². The third-order valence-corrected chi connectivity index (χ3v) is 3.94. The van der Waals surface area contributed by atoms with Crippen LogP contribution in [0.25, 0.3) is 0 Å². The molecule has 0 saturated heterocycles. The summed E-state index contributed by atoms with van der Waals surface area (Å²) in [6.07, 6.45) is 1.85. The van der Waals surface area contributed by atoms with Gasteiger partial charge in [-0.2, -0.15) is 0 Å². The first kappa shape index (κ1) is 16.1. The van der Waals surface area contributed by atoms with Gasteiger partial charge < -0.3 is 5.32 Å². The smallest absolute Gasteiger partial charge is 0.159 e. The molecule has 0 aromatic heterocycles. The Labute approximate surface area is 115 Å². The molecule has 0 aliphatic rings. The van der Waals surface area contributed by atoms with Crippen molar-refractivity contribution in [2.75, 3.05) is 13.1 Å². The number of hydrogen-bond donors (Lipinski definition) is 1. The van der Waals surface area contributed by atoms with Crippen molar-refractivity contribution in [3.05, 3.63) is 35.4 Å². The van der Waals surface area contributed by atoms with Crippen LogP contribution in [0.2, 0.25) is 0 Å². The molecular formula is C16H25F2N. The summed E-state index contributed by atoms with van der Waals surface area (Å²) in [5.41, 5.74) is 0.896. The van der Waals surface area contributed by atoms with Crippen LogP contribution in [0.4, 0.5) is 8.78 Å². The van der Waals surface area contributed by atoms with Gasteiger partial charge in [0.05, 0.1) is 0 Å². The van der Waals surface area contributed by atoms with Crippen LogP contribution < -0.4 is 5.32 Å². The molecule has 0 heterocycles. The van der Waals surface area contributed by atoms with Crippen LogP contribution in [0.15, 0.2) is 18.2 Å². The average Bonchev–Trinajstić information content (AvgIpc) is 2.34. The molecule has 1 rings (SSSR count). The number of hydrogen-bond acceptors (Lipinski definition) is 1. The van der Waals surface area contributed by atoms with Gasteiger partial charge in [-0.1, -0.05) is 33.8 Å². The van der Waals surface area contributed by atoms with Gasteiger partial charge in [-0.05, 0) is 48.4 Å². The molecule has 0 aliphatic heterocycles. The fourth-order valence-corrected chi connectivity index (χ4v) is 2.14. The minimum Gasteiger partial charge on any atom is -0.316 e. The fraction of sp³-hybridized carbons (Fsp3) is 0.625. The zero-order valence-electron chi connectivity index (χ0n) is 12.4. The highest BCUT2D eigenvalue weighted by Crippen LogP contribution is 2.31. The van der Waals surface area contributed by atoms with Crippen LogP contribution in [-0.4, -0.2) is 13.1 Å². The molecule has 1 atom stereocenters. The van der Waals surface area contributed by atoms with Crippen LogP contribution >= 0.6 is 0 Å². The van der Waals surface area contributed by atoms with Gasteiger partial charge in [0.15, 0.2) is 11.6 Å². The SMILES string of the molecule is CCCNCC(C)(Cc1ccc(F)c(F)c1)C(C)C. The van der Waals surface area contributed by atoms with Crippen molar-refractivity contribution in [1.82, 2.24) is 5.32 Å². The van der Waals surface area contributed by atoms with E-state index in [1.54, 1.807) is 6.07 Å². The molecule has 1 aromatic rings. The van der Waals surface area contributed by atoms with E-state index in [4.69, 9.17) is 0 Å². The van der Waals surface area contributed by atoms with Gasteiger partial charge in [-0.15, -0.1) is 0 Å². The lowest BCUT2D eigenvalue weighted by molar-refractivity contribution is 0.207. The van der Waals surface area contributed by atoms with Gasteiger partial charge in [0, 0.05) is 6.54 Å². The first-order valence-corrected chi connectivity index (χ1v) is 7.03. The lowest BCUT2D eigenvalue weighted by Gasteiger charge is -2.34. The van der Waals surface area contributed by atoms with E-state index in [0.717, 1.165) is 31.5 Å². The number of rotatable bonds is 7. The Bertz CT molecular complexity index is 404. The summed E-state index contributed by atoms with van der Waals surface area (Å²) in [6, 6.07) is 4.21. The third-order valence-electron chi connectivity index (χ3n) is 3.94. The molecule has 0 spiro atoms. The molecule has 0 amide bonds. The van der Waals surface area contributed by atoms with Crippen molar-refractivity contribution in [3.8, 4) is 0 Å². The van der Waals surface area contributed by atoms with Crippen molar-refractivity contribution in [1.29, 1.82) is 0 Å². The maximum absolute atomic E-state index is 13.3. The molecule has 0 aliphatic carbocycles. The van der Waals surface area contributed by atoms with Crippen molar-refractivity contribution in [3.63, 3.8) is 0 Å². The summed E-state index contributed by atoms with van der Waals surface area (Å²) < 4.78 is 26.2. The van der Waals surface area contributed by atoms with Crippen molar-refractivity contribution in [2.24, 2.45) is 11.3 Å². The van der Waals surface area contributed by atoms with E-state index in [-0.39, 0.29) is 5.41 Å². The van der Waals surface area contributed by atoms with Gasteiger partial charge in [-0.25, -0.2) is 8.78 Å². The molecular weight excluding hydrogens is 244 g/mol. The highest BCUT2D eigenvalue weighted by molar-refractivity contribution is 5.19. The highest BCUT2D eigenvalue weighted by Gasteiger charge is 2.28. The van der Waals surface area contributed by atoms with Gasteiger partial charge in [0.25, 0.3) is 0 Å². The number of nitrogens with one attached hydrogen (secondary N) is 1. The molecule has 108 valence electrons. The maximum Gasteiger partial charge on any atom is 0.159 e. The van der Waals surface area contributed by atoms with Crippen molar-refractivity contribution < 1.29 is 8.78 Å². The Morgan fingerprint density at radius 1 is 1.21 bits per heavy atom. The van der Waals surface area contributed by atoms with Gasteiger partial charge in [0.1, 0.15) is 0 Å². The second-order valence-corrected chi connectivity index (χ2v) is 5.91. The molecule has 3 heteroatoms. The molecule has 1 N–H and O–H groups in total. The summed E-state index contributed by atoms with van der Waals surface area (Å²) in [4.78, 5) is 0. The summed E-state index contributed by atoms with van der Waals surface area (Å²) in [5, 5.41) is 3.44. The average molecular weight is 269 g/mol. The zero-order valence-corrected chi connectivity index (χ0v) is 12.4. The lowest BCUT2D eigenvalue weighted by atomic mass is 9.74. The molecule has 1 nitrogen and oxygen atoms in total. The second kappa shape index (κ2) is 6.99. The predicted molar refractivity (Wildman–Crippen MR) is 76.2 cm³/mol. The quantitative estimate of drug-likeness (QED) is 0.733. The molecule has 19 heavy (non-hydrogen) atoms. The van der Waals surface area contributed by atoms with E-state index >= 15 is 0 Å². The molecule has 1 unspecified atom stereocenters. The predicted octanol–water partition coefficient (Wildman–Crippen LogP) is 4.17. The summed E-state index contributed by atoms with van der Waals surface area (Å²) in [6.45, 7) is 10.6. The minimum atomic E-state index is -0.779. The largest absolute Gasteiger partial charge is 0.316 e. The van der Waals surface area contributed by atoms with E-state index in [0.29, 0.717) is 5.92 Å². The molecule has 0 radical (unpaired) electrons. The third kappa shape index (κ3) is 4.57. The summed E-state index contributed by atoms with van der Waals surface area (Å²) in [5.74, 6) is -1.07. The Balaban J connectivity index is 2.79. The maximum atomic E-state index is 13.3. The minimum absolute atomic E-state index is 0.0411. The molecule has 0 bridgehead atoms. The Morgan fingerprint density at radius 3 is 2.42 bits per heavy atom. The molecule has 0 fully saturated rings. The van der Waals surface area contributed by atoms with Crippen LogP contribution in [0, 0.1) is 23.0 Å². The van der Waals surface area contributed by atoms with E-state index in [1.807, 2.05) is 0 Å². The van der Waals surface area contributed by atoms with E-state index < -0.39 is 11.6 Å². The van der Waals surface area contributed by atoms with Crippen molar-refractivity contribution in [2.45, 2.75) is 40.5 Å². The fourth-order valence-electron chi connectivity index (χ4n) is 2.14. The first-order chi connectivity index (χ1) is 8.89. The summed E-state index contributed by atoms with van der Waals surface area (Å²) >= 11 is 0. The topological polar surface area (TPSA) is 12.0 Å². The van der Waals surface area contributed by atoms with Gasteiger partial charge in [-0.3, -0.25) is 0 Å².